The second kappa shape index (κ2) is 6.87. The molecule has 2 rings (SSSR count). The molecule has 0 N–H and O–H groups in total. The molecule has 1 saturated heterocycles. The first-order chi connectivity index (χ1) is 9.19. The lowest BCUT2D eigenvalue weighted by atomic mass is 10.1. The molecule has 0 aliphatic carbocycles. The second-order valence-electron chi connectivity index (χ2n) is 5.21. The van der Waals surface area contributed by atoms with Crippen molar-refractivity contribution in [3.63, 3.8) is 0 Å². The van der Waals surface area contributed by atoms with E-state index in [9.17, 15) is 4.39 Å². The molecule has 1 aliphatic rings. The molecule has 19 heavy (non-hydrogen) atoms. The van der Waals surface area contributed by atoms with E-state index in [0.29, 0.717) is 0 Å². The predicted octanol–water partition coefficient (Wildman–Crippen LogP) is 2.01. The van der Waals surface area contributed by atoms with Gasteiger partial charge in [0.1, 0.15) is 11.6 Å². The Morgan fingerprint density at radius 3 is 2.63 bits per heavy atom. The molecule has 0 atom stereocenters. The van der Waals surface area contributed by atoms with Gasteiger partial charge in [-0.3, -0.25) is 0 Å². The molecule has 0 radical (unpaired) electrons. The van der Waals surface area contributed by atoms with Crippen LogP contribution in [-0.4, -0.2) is 56.7 Å². The van der Waals surface area contributed by atoms with E-state index in [1.807, 2.05) is 0 Å². The summed E-state index contributed by atoms with van der Waals surface area (Å²) in [4.78, 5) is 4.80. The van der Waals surface area contributed by atoms with Crippen LogP contribution in [0, 0.1) is 5.82 Å². The molecule has 0 spiro atoms. The Labute approximate surface area is 115 Å². The van der Waals surface area contributed by atoms with Crippen molar-refractivity contribution in [2.75, 3.05) is 46.9 Å². The van der Waals surface area contributed by atoms with Crippen LogP contribution >= 0.6 is 0 Å². The SMILES string of the molecule is COc1ccc(F)c(CCCN2CCN(C)CC2)c1. The highest BCUT2D eigenvalue weighted by Crippen LogP contribution is 2.18. The van der Waals surface area contributed by atoms with Gasteiger partial charge in [-0.1, -0.05) is 0 Å². The molecule has 3 nitrogen and oxygen atoms in total. The summed E-state index contributed by atoms with van der Waals surface area (Å²) in [6, 6.07) is 4.96. The van der Waals surface area contributed by atoms with Crippen molar-refractivity contribution in [2.45, 2.75) is 12.8 Å². The van der Waals surface area contributed by atoms with Crippen LogP contribution < -0.4 is 4.74 Å². The number of hydrogen-bond donors (Lipinski definition) is 0. The molecule has 0 unspecified atom stereocenters. The highest BCUT2D eigenvalue weighted by Gasteiger charge is 2.13. The minimum Gasteiger partial charge on any atom is -0.497 e. The summed E-state index contributed by atoms with van der Waals surface area (Å²) >= 11 is 0. The van der Waals surface area contributed by atoms with Crippen molar-refractivity contribution >= 4 is 0 Å². The third kappa shape index (κ3) is 4.18. The Hall–Kier alpha value is -1.13. The predicted molar refractivity (Wildman–Crippen MR) is 75.2 cm³/mol. The number of likely N-dealkylation sites (N-methyl/N-ethyl adjacent to an activating group) is 1. The molecule has 1 aromatic rings. The van der Waals surface area contributed by atoms with Gasteiger partial charge in [-0.05, 0) is 50.2 Å². The maximum atomic E-state index is 13.6. The number of rotatable bonds is 5. The normalized spacial score (nSPS) is 17.6. The molecule has 0 bridgehead atoms. The van der Waals surface area contributed by atoms with E-state index in [-0.39, 0.29) is 5.82 Å². The lowest BCUT2D eigenvalue weighted by Crippen LogP contribution is -2.44. The van der Waals surface area contributed by atoms with Crippen LogP contribution in [0.4, 0.5) is 4.39 Å². The fraction of sp³-hybridized carbons (Fsp3) is 0.600. The van der Waals surface area contributed by atoms with Gasteiger partial charge in [-0.25, -0.2) is 4.39 Å². The van der Waals surface area contributed by atoms with Gasteiger partial charge >= 0.3 is 0 Å². The van der Waals surface area contributed by atoms with Gasteiger partial charge in [-0.15, -0.1) is 0 Å². The molecule has 1 fully saturated rings. The zero-order valence-electron chi connectivity index (χ0n) is 11.9. The maximum absolute atomic E-state index is 13.6. The minimum absolute atomic E-state index is 0.126. The summed E-state index contributed by atoms with van der Waals surface area (Å²) in [6.07, 6.45) is 1.77. The number of halogens is 1. The molecule has 0 amide bonds. The fourth-order valence-electron chi connectivity index (χ4n) is 2.43. The average Bonchev–Trinajstić information content (AvgIpc) is 2.43. The van der Waals surface area contributed by atoms with Gasteiger partial charge in [0.15, 0.2) is 0 Å². The van der Waals surface area contributed by atoms with Crippen molar-refractivity contribution in [3.8, 4) is 5.75 Å². The van der Waals surface area contributed by atoms with E-state index in [0.717, 1.165) is 56.9 Å². The van der Waals surface area contributed by atoms with Gasteiger partial charge in [0.25, 0.3) is 0 Å². The average molecular weight is 266 g/mol. The minimum atomic E-state index is -0.126. The van der Waals surface area contributed by atoms with Crippen LogP contribution in [0.2, 0.25) is 0 Å². The molecule has 106 valence electrons. The monoisotopic (exact) mass is 266 g/mol. The highest BCUT2D eigenvalue weighted by molar-refractivity contribution is 5.29. The Morgan fingerprint density at radius 1 is 1.21 bits per heavy atom. The summed E-state index contributed by atoms with van der Waals surface area (Å²) in [7, 11) is 3.77. The summed E-state index contributed by atoms with van der Waals surface area (Å²) in [5, 5.41) is 0. The number of benzene rings is 1. The summed E-state index contributed by atoms with van der Waals surface area (Å²) in [5.41, 5.74) is 0.758. The Balaban J connectivity index is 1.79. The van der Waals surface area contributed by atoms with Crippen LogP contribution in [0.5, 0.6) is 5.75 Å². The van der Waals surface area contributed by atoms with Crippen molar-refractivity contribution in [1.29, 1.82) is 0 Å². The van der Waals surface area contributed by atoms with Crippen LogP contribution in [0.3, 0.4) is 0 Å². The van der Waals surface area contributed by atoms with Crippen LogP contribution in [0.25, 0.3) is 0 Å². The van der Waals surface area contributed by atoms with E-state index < -0.39 is 0 Å². The molecular formula is C15H23FN2O. The van der Waals surface area contributed by atoms with Crippen LogP contribution in [0.1, 0.15) is 12.0 Å². The van der Waals surface area contributed by atoms with Gasteiger partial charge < -0.3 is 14.5 Å². The summed E-state index contributed by atoms with van der Waals surface area (Å²) in [5.74, 6) is 0.607. The number of nitrogens with zero attached hydrogens (tertiary/aromatic N) is 2. The second-order valence-corrected chi connectivity index (χ2v) is 5.21. The van der Waals surface area contributed by atoms with Crippen molar-refractivity contribution in [2.24, 2.45) is 0 Å². The Morgan fingerprint density at radius 2 is 1.95 bits per heavy atom. The first-order valence-electron chi connectivity index (χ1n) is 6.92. The van der Waals surface area contributed by atoms with Crippen LogP contribution in [-0.2, 0) is 6.42 Å². The lowest BCUT2D eigenvalue weighted by Gasteiger charge is -2.32. The summed E-state index contributed by atoms with van der Waals surface area (Å²) in [6.45, 7) is 5.56. The van der Waals surface area contributed by atoms with Crippen molar-refractivity contribution in [3.05, 3.63) is 29.6 Å². The molecule has 0 saturated carbocycles. The topological polar surface area (TPSA) is 15.7 Å². The van der Waals surface area contributed by atoms with Gasteiger partial charge in [0.2, 0.25) is 0 Å². The lowest BCUT2D eigenvalue weighted by molar-refractivity contribution is 0.153. The van der Waals surface area contributed by atoms with E-state index in [1.54, 1.807) is 19.2 Å². The highest BCUT2D eigenvalue weighted by atomic mass is 19.1. The quantitative estimate of drug-likeness (QED) is 0.811. The van der Waals surface area contributed by atoms with Gasteiger partial charge in [0, 0.05) is 26.2 Å². The largest absolute Gasteiger partial charge is 0.497 e. The number of aryl methyl sites for hydroxylation is 1. The molecule has 1 heterocycles. The first kappa shape index (κ1) is 14.3. The smallest absolute Gasteiger partial charge is 0.126 e. The molecule has 1 aromatic carbocycles. The third-order valence-electron chi connectivity index (χ3n) is 3.77. The Kier molecular flexibility index (Phi) is 5.16. The van der Waals surface area contributed by atoms with E-state index >= 15 is 0 Å². The number of hydrogen-bond acceptors (Lipinski definition) is 3. The van der Waals surface area contributed by atoms with Gasteiger partial charge in [-0.2, -0.15) is 0 Å². The molecule has 4 heteroatoms. The van der Waals surface area contributed by atoms with Crippen molar-refractivity contribution < 1.29 is 9.13 Å². The molecular weight excluding hydrogens is 243 g/mol. The number of piperazine rings is 1. The third-order valence-corrected chi connectivity index (χ3v) is 3.77. The van der Waals surface area contributed by atoms with Gasteiger partial charge in [0.05, 0.1) is 7.11 Å². The zero-order valence-corrected chi connectivity index (χ0v) is 11.9. The van der Waals surface area contributed by atoms with Crippen LogP contribution in [0.15, 0.2) is 18.2 Å². The maximum Gasteiger partial charge on any atom is 0.126 e. The standard InChI is InChI=1S/C15H23FN2O/c1-17-8-10-18(11-9-17)7-3-4-13-12-14(19-2)5-6-15(13)16/h5-6,12H,3-4,7-11H2,1-2H3. The number of ether oxygens (including phenoxy) is 1. The van der Waals surface area contributed by atoms with Crippen molar-refractivity contribution in [1.82, 2.24) is 9.80 Å². The van der Waals surface area contributed by atoms with E-state index in [2.05, 4.69) is 16.8 Å². The zero-order chi connectivity index (χ0) is 13.7. The number of methoxy groups -OCH3 is 1. The fourth-order valence-corrected chi connectivity index (χ4v) is 2.43. The molecule has 1 aliphatic heterocycles. The Bertz CT molecular complexity index is 403. The molecule has 0 aromatic heterocycles. The first-order valence-corrected chi connectivity index (χ1v) is 6.92. The van der Waals surface area contributed by atoms with E-state index in [4.69, 9.17) is 4.74 Å². The summed E-state index contributed by atoms with van der Waals surface area (Å²) < 4.78 is 18.8. The van der Waals surface area contributed by atoms with E-state index in [1.165, 1.54) is 6.07 Å².